The highest BCUT2D eigenvalue weighted by molar-refractivity contribution is 7.16. The first-order valence-electron chi connectivity index (χ1n) is 8.33. The summed E-state index contributed by atoms with van der Waals surface area (Å²) in [5.74, 6) is -0.0904. The van der Waals surface area contributed by atoms with Gasteiger partial charge in [0.2, 0.25) is 0 Å². The van der Waals surface area contributed by atoms with Crippen LogP contribution in [-0.2, 0) is 11.2 Å². The van der Waals surface area contributed by atoms with Crippen LogP contribution in [0.5, 0.6) is 5.75 Å². The lowest BCUT2D eigenvalue weighted by Crippen LogP contribution is -1.99. The standard InChI is InChI=1S/C20H20N2O3S/c1-3-25-16-9-7-14(8-10-16)19-17(12-18(23)24)26-20(22-19)21-15-6-4-5-13(2)11-15/h4-11H,3,12H2,1-2H3,(H,21,22)(H,23,24). The number of hydrogen-bond acceptors (Lipinski definition) is 5. The second kappa shape index (κ2) is 8.01. The third-order valence-corrected chi connectivity index (χ3v) is 4.69. The maximum Gasteiger partial charge on any atom is 0.308 e. The Balaban J connectivity index is 1.92. The number of carboxylic acids is 1. The first-order valence-corrected chi connectivity index (χ1v) is 9.15. The zero-order chi connectivity index (χ0) is 18.5. The molecule has 2 N–H and O–H groups in total. The van der Waals surface area contributed by atoms with E-state index in [1.807, 2.05) is 62.4 Å². The Morgan fingerprint density at radius 3 is 2.65 bits per heavy atom. The molecule has 0 aliphatic heterocycles. The molecule has 2 aromatic carbocycles. The van der Waals surface area contributed by atoms with Crippen molar-refractivity contribution in [1.29, 1.82) is 0 Å². The van der Waals surface area contributed by atoms with E-state index in [2.05, 4.69) is 10.3 Å². The molecule has 6 heteroatoms. The molecule has 0 amide bonds. The molecule has 3 aromatic rings. The molecule has 0 atom stereocenters. The minimum absolute atomic E-state index is 0.0598. The van der Waals surface area contributed by atoms with Crippen LogP contribution in [0.2, 0.25) is 0 Å². The van der Waals surface area contributed by atoms with Crippen LogP contribution in [0.4, 0.5) is 10.8 Å². The molecule has 0 saturated heterocycles. The molecule has 0 fully saturated rings. The third-order valence-electron chi connectivity index (χ3n) is 3.72. The molecule has 1 heterocycles. The molecular formula is C20H20N2O3S. The molecule has 1 aromatic heterocycles. The van der Waals surface area contributed by atoms with Crippen molar-refractivity contribution in [2.75, 3.05) is 11.9 Å². The summed E-state index contributed by atoms with van der Waals surface area (Å²) < 4.78 is 5.46. The number of hydrogen-bond donors (Lipinski definition) is 2. The molecule has 0 bridgehead atoms. The van der Waals surface area contributed by atoms with E-state index in [0.29, 0.717) is 17.4 Å². The van der Waals surface area contributed by atoms with Gasteiger partial charge in [-0.25, -0.2) is 4.98 Å². The van der Waals surface area contributed by atoms with Crippen LogP contribution in [0.15, 0.2) is 48.5 Å². The van der Waals surface area contributed by atoms with Crippen molar-refractivity contribution in [2.45, 2.75) is 20.3 Å². The largest absolute Gasteiger partial charge is 0.494 e. The topological polar surface area (TPSA) is 71.5 Å². The Kier molecular flexibility index (Phi) is 5.53. The van der Waals surface area contributed by atoms with Crippen molar-refractivity contribution in [3.05, 3.63) is 59.0 Å². The smallest absolute Gasteiger partial charge is 0.308 e. The van der Waals surface area contributed by atoms with Gasteiger partial charge in [0.25, 0.3) is 0 Å². The number of aliphatic carboxylic acids is 1. The summed E-state index contributed by atoms with van der Waals surface area (Å²) in [5.41, 5.74) is 3.64. The van der Waals surface area contributed by atoms with Gasteiger partial charge in [-0.2, -0.15) is 0 Å². The van der Waals surface area contributed by atoms with Gasteiger partial charge in [0.15, 0.2) is 5.13 Å². The monoisotopic (exact) mass is 368 g/mol. The maximum atomic E-state index is 11.2. The molecule has 3 rings (SSSR count). The molecule has 26 heavy (non-hydrogen) atoms. The van der Waals surface area contributed by atoms with E-state index >= 15 is 0 Å². The Hall–Kier alpha value is -2.86. The van der Waals surface area contributed by atoms with E-state index in [1.165, 1.54) is 11.3 Å². The summed E-state index contributed by atoms with van der Waals surface area (Å²) in [5, 5.41) is 13.2. The molecule has 0 spiro atoms. The lowest BCUT2D eigenvalue weighted by atomic mass is 10.1. The lowest BCUT2D eigenvalue weighted by Gasteiger charge is -2.05. The van der Waals surface area contributed by atoms with Crippen molar-refractivity contribution in [1.82, 2.24) is 4.98 Å². The summed E-state index contributed by atoms with van der Waals surface area (Å²) >= 11 is 1.36. The highest BCUT2D eigenvalue weighted by Crippen LogP contribution is 2.34. The van der Waals surface area contributed by atoms with E-state index in [4.69, 9.17) is 4.74 Å². The van der Waals surface area contributed by atoms with E-state index in [9.17, 15) is 9.90 Å². The molecule has 134 valence electrons. The van der Waals surface area contributed by atoms with E-state index < -0.39 is 5.97 Å². The highest BCUT2D eigenvalue weighted by atomic mass is 32.1. The number of aromatic nitrogens is 1. The van der Waals surface area contributed by atoms with E-state index in [0.717, 1.165) is 27.4 Å². The number of aryl methyl sites for hydroxylation is 1. The fourth-order valence-corrected chi connectivity index (χ4v) is 3.60. The van der Waals surface area contributed by atoms with Gasteiger partial charge < -0.3 is 15.2 Å². The van der Waals surface area contributed by atoms with Gasteiger partial charge in [-0.15, -0.1) is 11.3 Å². The second-order valence-corrected chi connectivity index (χ2v) is 6.90. The van der Waals surface area contributed by atoms with E-state index in [1.54, 1.807) is 0 Å². The maximum absolute atomic E-state index is 11.2. The number of carbonyl (C=O) groups is 1. The van der Waals surface area contributed by atoms with Crippen LogP contribution in [0.3, 0.4) is 0 Å². The Morgan fingerprint density at radius 2 is 2.00 bits per heavy atom. The van der Waals surface area contributed by atoms with Gasteiger partial charge in [0.1, 0.15) is 5.75 Å². The summed E-state index contributed by atoms with van der Waals surface area (Å²) in [6.07, 6.45) is -0.0598. The molecule has 0 aliphatic carbocycles. The summed E-state index contributed by atoms with van der Waals surface area (Å²) in [4.78, 5) is 16.6. The number of nitrogens with zero attached hydrogens (tertiary/aromatic N) is 1. The van der Waals surface area contributed by atoms with Crippen molar-refractivity contribution in [3.8, 4) is 17.0 Å². The average Bonchev–Trinajstić information content (AvgIpc) is 2.97. The molecule has 0 saturated carbocycles. The normalized spacial score (nSPS) is 10.5. The van der Waals surface area contributed by atoms with Crippen molar-refractivity contribution < 1.29 is 14.6 Å². The lowest BCUT2D eigenvalue weighted by molar-refractivity contribution is -0.136. The van der Waals surface area contributed by atoms with Crippen molar-refractivity contribution in [2.24, 2.45) is 0 Å². The van der Waals surface area contributed by atoms with Crippen LogP contribution < -0.4 is 10.1 Å². The zero-order valence-electron chi connectivity index (χ0n) is 14.7. The van der Waals surface area contributed by atoms with Crippen LogP contribution in [0.25, 0.3) is 11.3 Å². The number of ether oxygens (including phenoxy) is 1. The van der Waals surface area contributed by atoms with E-state index in [-0.39, 0.29) is 6.42 Å². The van der Waals surface area contributed by atoms with Crippen molar-refractivity contribution in [3.63, 3.8) is 0 Å². The SMILES string of the molecule is CCOc1ccc(-c2nc(Nc3cccc(C)c3)sc2CC(=O)O)cc1. The number of carboxylic acid groups (broad SMARTS) is 1. The minimum Gasteiger partial charge on any atom is -0.494 e. The van der Waals surface area contributed by atoms with Gasteiger partial charge in [-0.05, 0) is 55.8 Å². The summed E-state index contributed by atoms with van der Waals surface area (Å²) in [7, 11) is 0. The molecule has 0 aliphatic rings. The van der Waals surface area contributed by atoms with Crippen LogP contribution in [-0.4, -0.2) is 22.7 Å². The number of benzene rings is 2. The minimum atomic E-state index is -0.872. The van der Waals surface area contributed by atoms with Gasteiger partial charge in [0, 0.05) is 16.1 Å². The first-order chi connectivity index (χ1) is 12.5. The predicted octanol–water partition coefficient (Wildman–Crippen LogP) is 4.89. The first kappa shape index (κ1) is 17.9. The van der Waals surface area contributed by atoms with Gasteiger partial charge in [0.05, 0.1) is 18.7 Å². The van der Waals surface area contributed by atoms with Gasteiger partial charge in [-0.3, -0.25) is 4.79 Å². The van der Waals surface area contributed by atoms with Crippen LogP contribution >= 0.6 is 11.3 Å². The molecule has 0 radical (unpaired) electrons. The molecule has 5 nitrogen and oxygen atoms in total. The highest BCUT2D eigenvalue weighted by Gasteiger charge is 2.16. The number of anilines is 2. The van der Waals surface area contributed by atoms with Crippen LogP contribution in [0.1, 0.15) is 17.4 Å². The fraction of sp³-hybridized carbons (Fsp3) is 0.200. The number of rotatable bonds is 7. The fourth-order valence-electron chi connectivity index (χ4n) is 2.61. The van der Waals surface area contributed by atoms with Crippen molar-refractivity contribution >= 4 is 28.1 Å². The summed E-state index contributed by atoms with van der Waals surface area (Å²) in [6.45, 7) is 4.56. The molecular weight excluding hydrogens is 348 g/mol. The van der Waals surface area contributed by atoms with Gasteiger partial charge in [-0.1, -0.05) is 12.1 Å². The second-order valence-electron chi connectivity index (χ2n) is 5.81. The Bertz CT molecular complexity index is 904. The van der Waals surface area contributed by atoms with Crippen LogP contribution in [0, 0.1) is 6.92 Å². The predicted molar refractivity (Wildman–Crippen MR) is 105 cm³/mol. The van der Waals surface area contributed by atoms with Gasteiger partial charge >= 0.3 is 5.97 Å². The number of thiazole rings is 1. The molecule has 0 unspecified atom stereocenters. The third kappa shape index (κ3) is 4.40. The quantitative estimate of drug-likeness (QED) is 0.621. The average molecular weight is 368 g/mol. The number of nitrogens with one attached hydrogen (secondary N) is 1. The Labute approximate surface area is 156 Å². The summed E-state index contributed by atoms with van der Waals surface area (Å²) in [6, 6.07) is 15.5. The zero-order valence-corrected chi connectivity index (χ0v) is 15.5. The Morgan fingerprint density at radius 1 is 1.23 bits per heavy atom.